The monoisotopic (exact) mass is 337 g/mol. The van der Waals surface area contributed by atoms with Crippen molar-refractivity contribution in [3.8, 4) is 6.07 Å². The first-order valence-corrected chi connectivity index (χ1v) is 6.32. The topological polar surface area (TPSA) is 49.6 Å². The second-order valence-electron chi connectivity index (χ2n) is 3.54. The van der Waals surface area contributed by atoms with Gasteiger partial charge in [-0.3, -0.25) is 0 Å². The average molecular weight is 339 g/mol. The Hall–Kier alpha value is -1.77. The largest absolute Gasteiger partial charge is 0.235 e. The summed E-state index contributed by atoms with van der Waals surface area (Å²) in [4.78, 5) is 7.99. The smallest absolute Gasteiger partial charge is 0.170 e. The van der Waals surface area contributed by atoms with Crippen molar-refractivity contribution < 1.29 is 4.39 Å². The molecular formula is C13H6BrClFN3. The van der Waals surface area contributed by atoms with Crippen LogP contribution in [-0.4, -0.2) is 9.97 Å². The summed E-state index contributed by atoms with van der Waals surface area (Å²) in [7, 11) is 0. The van der Waals surface area contributed by atoms with Crippen LogP contribution in [0, 0.1) is 17.1 Å². The van der Waals surface area contributed by atoms with E-state index in [0.29, 0.717) is 4.47 Å². The zero-order chi connectivity index (χ0) is 13.8. The number of benzene rings is 1. The molecule has 0 amide bonds. The fraction of sp³-hybridized carbons (Fsp3) is 0. The minimum Gasteiger partial charge on any atom is -0.235 e. The quantitative estimate of drug-likeness (QED) is 0.775. The van der Waals surface area contributed by atoms with Gasteiger partial charge < -0.3 is 0 Å². The highest BCUT2D eigenvalue weighted by molar-refractivity contribution is 9.10. The Morgan fingerprint density at radius 2 is 2.05 bits per heavy atom. The second-order valence-corrected chi connectivity index (χ2v) is 4.86. The van der Waals surface area contributed by atoms with Crippen molar-refractivity contribution >= 4 is 39.2 Å². The molecule has 0 spiro atoms. The molecule has 0 aliphatic heterocycles. The second kappa shape index (κ2) is 5.91. The van der Waals surface area contributed by atoms with Gasteiger partial charge in [0.15, 0.2) is 5.82 Å². The van der Waals surface area contributed by atoms with Gasteiger partial charge in [0.05, 0.1) is 15.1 Å². The summed E-state index contributed by atoms with van der Waals surface area (Å²) in [5.41, 5.74) is 0.379. The Bertz CT molecular complexity index is 677. The number of hydrogen-bond donors (Lipinski definition) is 0. The predicted molar refractivity (Wildman–Crippen MR) is 74.6 cm³/mol. The van der Waals surface area contributed by atoms with E-state index in [4.69, 9.17) is 16.9 Å². The van der Waals surface area contributed by atoms with Crippen LogP contribution in [0.3, 0.4) is 0 Å². The predicted octanol–water partition coefficient (Wildman–Crippen LogP) is 4.10. The van der Waals surface area contributed by atoms with Crippen LogP contribution < -0.4 is 0 Å². The van der Waals surface area contributed by atoms with Gasteiger partial charge in [0.2, 0.25) is 0 Å². The molecule has 0 bridgehead atoms. The van der Waals surface area contributed by atoms with Crippen LogP contribution in [0.25, 0.3) is 11.6 Å². The maximum Gasteiger partial charge on any atom is 0.170 e. The molecule has 0 aliphatic carbocycles. The number of allylic oxidation sites excluding steroid dienone is 1. The van der Waals surface area contributed by atoms with E-state index in [2.05, 4.69) is 25.9 Å². The number of aromatic nitrogens is 2. The normalized spacial score (nSPS) is 11.2. The lowest BCUT2D eigenvalue weighted by atomic mass is 10.1. The number of halogens is 3. The zero-order valence-corrected chi connectivity index (χ0v) is 11.8. The molecule has 1 aromatic carbocycles. The van der Waals surface area contributed by atoms with Crippen LogP contribution in [0.15, 0.2) is 35.1 Å². The van der Waals surface area contributed by atoms with Gasteiger partial charge in [-0.1, -0.05) is 23.7 Å². The van der Waals surface area contributed by atoms with Crippen molar-refractivity contribution in [3.63, 3.8) is 0 Å². The first-order chi connectivity index (χ1) is 9.11. The molecule has 0 aliphatic rings. The highest BCUT2D eigenvalue weighted by Gasteiger charge is 2.08. The van der Waals surface area contributed by atoms with Crippen LogP contribution in [0.4, 0.5) is 4.39 Å². The molecule has 0 saturated carbocycles. The molecule has 1 heterocycles. The molecule has 19 heavy (non-hydrogen) atoms. The van der Waals surface area contributed by atoms with Gasteiger partial charge in [-0.15, -0.1) is 0 Å². The molecule has 0 saturated heterocycles. The van der Waals surface area contributed by atoms with E-state index in [1.165, 1.54) is 30.6 Å². The van der Waals surface area contributed by atoms with Gasteiger partial charge in [0, 0.05) is 18.0 Å². The summed E-state index contributed by atoms with van der Waals surface area (Å²) >= 11 is 8.88. The molecule has 0 fully saturated rings. The van der Waals surface area contributed by atoms with Gasteiger partial charge in [-0.2, -0.15) is 5.26 Å². The maximum absolute atomic E-state index is 13.7. The fourth-order valence-electron chi connectivity index (χ4n) is 1.39. The number of nitrogens with zero attached hydrogens (tertiary/aromatic N) is 3. The highest BCUT2D eigenvalue weighted by atomic mass is 79.9. The van der Waals surface area contributed by atoms with Gasteiger partial charge in [-0.25, -0.2) is 14.4 Å². The molecule has 94 valence electrons. The van der Waals surface area contributed by atoms with Gasteiger partial charge in [-0.05, 0) is 28.1 Å². The van der Waals surface area contributed by atoms with Crippen molar-refractivity contribution in [2.24, 2.45) is 0 Å². The lowest BCUT2D eigenvalue weighted by Crippen LogP contribution is -1.92. The van der Waals surface area contributed by atoms with E-state index >= 15 is 0 Å². The molecule has 0 unspecified atom stereocenters. The molecule has 1 aromatic heterocycles. The third kappa shape index (κ3) is 3.16. The van der Waals surface area contributed by atoms with E-state index in [0.717, 1.165) is 0 Å². The molecular weight excluding hydrogens is 333 g/mol. The van der Waals surface area contributed by atoms with Crippen molar-refractivity contribution in [2.75, 3.05) is 0 Å². The highest BCUT2D eigenvalue weighted by Crippen LogP contribution is 2.22. The Labute approximate surface area is 122 Å². The summed E-state index contributed by atoms with van der Waals surface area (Å²) in [5, 5.41) is 9.11. The van der Waals surface area contributed by atoms with Gasteiger partial charge in [0.25, 0.3) is 0 Å². The van der Waals surface area contributed by atoms with E-state index in [1.54, 1.807) is 6.07 Å². The molecule has 2 aromatic rings. The Morgan fingerprint density at radius 3 is 2.68 bits per heavy atom. The summed E-state index contributed by atoms with van der Waals surface area (Å²) < 4.78 is 14.4. The van der Waals surface area contributed by atoms with E-state index in [1.807, 2.05) is 6.07 Å². The summed E-state index contributed by atoms with van der Waals surface area (Å²) in [5.74, 6) is -0.348. The van der Waals surface area contributed by atoms with Crippen LogP contribution in [0.2, 0.25) is 5.02 Å². The molecule has 6 heteroatoms. The number of nitriles is 1. The van der Waals surface area contributed by atoms with Crippen molar-refractivity contribution in [2.45, 2.75) is 0 Å². The lowest BCUT2D eigenvalue weighted by Gasteiger charge is -2.01. The Balaban J connectivity index is 2.48. The van der Waals surface area contributed by atoms with Crippen LogP contribution in [0.5, 0.6) is 0 Å². The van der Waals surface area contributed by atoms with Gasteiger partial charge >= 0.3 is 0 Å². The number of rotatable bonds is 2. The first-order valence-electron chi connectivity index (χ1n) is 5.15. The van der Waals surface area contributed by atoms with E-state index < -0.39 is 5.82 Å². The fourth-order valence-corrected chi connectivity index (χ4v) is 1.77. The SMILES string of the molecule is N#C/C(=C\c1cccc(Cl)c1F)c1ncc(Br)cn1. The molecule has 3 nitrogen and oxygen atoms in total. The van der Waals surface area contributed by atoms with Crippen LogP contribution in [-0.2, 0) is 0 Å². The summed E-state index contributed by atoms with van der Waals surface area (Å²) in [6.45, 7) is 0. The number of hydrogen-bond acceptors (Lipinski definition) is 3. The van der Waals surface area contributed by atoms with Crippen molar-refractivity contribution in [1.29, 1.82) is 5.26 Å². The minimum atomic E-state index is -0.575. The third-order valence-electron chi connectivity index (χ3n) is 2.26. The summed E-state index contributed by atoms with van der Waals surface area (Å²) in [6.07, 6.45) is 4.40. The molecule has 0 radical (unpaired) electrons. The van der Waals surface area contributed by atoms with Crippen molar-refractivity contribution in [3.05, 3.63) is 57.3 Å². The van der Waals surface area contributed by atoms with E-state index in [9.17, 15) is 4.39 Å². The maximum atomic E-state index is 13.7. The van der Waals surface area contributed by atoms with Crippen LogP contribution in [0.1, 0.15) is 11.4 Å². The minimum absolute atomic E-state index is 0.00256. The lowest BCUT2D eigenvalue weighted by molar-refractivity contribution is 0.625. The standard InChI is InChI=1S/C13H6BrClFN3/c14-10-6-18-13(19-7-10)9(5-17)4-8-2-1-3-11(15)12(8)16/h1-4,6-7H/b9-4+. The molecule has 2 rings (SSSR count). The van der Waals surface area contributed by atoms with Crippen LogP contribution >= 0.6 is 27.5 Å². The molecule has 0 atom stereocenters. The third-order valence-corrected chi connectivity index (χ3v) is 2.96. The first kappa shape index (κ1) is 13.7. The Kier molecular flexibility index (Phi) is 4.25. The van der Waals surface area contributed by atoms with E-state index in [-0.39, 0.29) is 22.0 Å². The summed E-state index contributed by atoms with van der Waals surface area (Å²) in [6, 6.07) is 6.52. The molecule has 0 N–H and O–H groups in total. The zero-order valence-electron chi connectivity index (χ0n) is 9.44. The average Bonchev–Trinajstić information content (AvgIpc) is 2.42. The van der Waals surface area contributed by atoms with Gasteiger partial charge in [0.1, 0.15) is 11.9 Å². The Morgan fingerprint density at radius 1 is 1.37 bits per heavy atom. The van der Waals surface area contributed by atoms with Crippen molar-refractivity contribution in [1.82, 2.24) is 9.97 Å².